The first-order valence-corrected chi connectivity index (χ1v) is 6.54. The van der Waals surface area contributed by atoms with Crippen LogP contribution in [-0.4, -0.2) is 0 Å². The summed E-state index contributed by atoms with van der Waals surface area (Å²) in [5, 5.41) is 2.04. The quantitative estimate of drug-likeness (QED) is 0.870. The molecule has 0 bridgehead atoms. The average Bonchev–Trinajstić information content (AvgIpc) is 2.63. The van der Waals surface area contributed by atoms with E-state index in [1.165, 1.54) is 4.88 Å². The van der Waals surface area contributed by atoms with Crippen LogP contribution in [0.2, 0.25) is 0 Å². The van der Waals surface area contributed by atoms with Gasteiger partial charge >= 0.3 is 0 Å². The van der Waals surface area contributed by atoms with Crippen molar-refractivity contribution in [2.24, 2.45) is 0 Å². The summed E-state index contributed by atoms with van der Waals surface area (Å²) in [5.74, 6) is 0.745. The number of ether oxygens (including phenoxy) is 1. The Morgan fingerprint density at radius 3 is 2.81 bits per heavy atom. The summed E-state index contributed by atoms with van der Waals surface area (Å²) in [7, 11) is 0. The van der Waals surface area contributed by atoms with Crippen LogP contribution in [0.25, 0.3) is 0 Å². The predicted molar refractivity (Wildman–Crippen MR) is 71.9 cm³/mol. The normalized spacial score (nSPS) is 10.4. The van der Waals surface area contributed by atoms with E-state index in [4.69, 9.17) is 10.5 Å². The van der Waals surface area contributed by atoms with E-state index in [0.29, 0.717) is 12.3 Å². The smallest absolute Gasteiger partial charge is 0.142 e. The molecular formula is C12H12BrNOS. The van der Waals surface area contributed by atoms with E-state index in [9.17, 15) is 0 Å². The van der Waals surface area contributed by atoms with Gasteiger partial charge in [-0.05, 0) is 46.6 Å². The molecule has 1 aromatic heterocycles. The highest BCUT2D eigenvalue weighted by Gasteiger charge is 2.02. The van der Waals surface area contributed by atoms with Crippen LogP contribution in [0.15, 0.2) is 34.1 Å². The summed E-state index contributed by atoms with van der Waals surface area (Å²) < 4.78 is 6.75. The van der Waals surface area contributed by atoms with Gasteiger partial charge in [-0.25, -0.2) is 0 Å². The van der Waals surface area contributed by atoms with Crippen LogP contribution in [0.4, 0.5) is 5.69 Å². The third-order valence-electron chi connectivity index (χ3n) is 2.16. The zero-order valence-corrected chi connectivity index (χ0v) is 11.3. The number of rotatable bonds is 3. The van der Waals surface area contributed by atoms with Gasteiger partial charge in [0.2, 0.25) is 0 Å². The number of hydrogen-bond donors (Lipinski definition) is 1. The van der Waals surface area contributed by atoms with Crippen LogP contribution < -0.4 is 10.5 Å². The molecule has 0 spiro atoms. The van der Waals surface area contributed by atoms with Gasteiger partial charge in [0.05, 0.1) is 5.69 Å². The van der Waals surface area contributed by atoms with Crippen LogP contribution in [0, 0.1) is 6.92 Å². The third kappa shape index (κ3) is 2.77. The first-order valence-electron chi connectivity index (χ1n) is 4.87. The van der Waals surface area contributed by atoms with Gasteiger partial charge in [-0.1, -0.05) is 6.07 Å². The van der Waals surface area contributed by atoms with Crippen molar-refractivity contribution in [1.29, 1.82) is 0 Å². The highest BCUT2D eigenvalue weighted by molar-refractivity contribution is 9.10. The lowest BCUT2D eigenvalue weighted by Crippen LogP contribution is -1.97. The third-order valence-corrected chi connectivity index (χ3v) is 3.83. The lowest BCUT2D eigenvalue weighted by atomic mass is 10.2. The van der Waals surface area contributed by atoms with Crippen LogP contribution in [-0.2, 0) is 6.61 Å². The molecule has 2 nitrogen and oxygen atoms in total. The number of thiophene rings is 1. The maximum Gasteiger partial charge on any atom is 0.142 e. The number of nitrogens with two attached hydrogens (primary N) is 1. The molecule has 2 aromatic rings. The average molecular weight is 298 g/mol. The van der Waals surface area contributed by atoms with Crippen molar-refractivity contribution in [3.8, 4) is 5.75 Å². The molecule has 0 atom stereocenters. The molecule has 16 heavy (non-hydrogen) atoms. The molecule has 84 valence electrons. The number of aryl methyl sites for hydroxylation is 1. The molecule has 1 heterocycles. The summed E-state index contributed by atoms with van der Waals surface area (Å²) in [4.78, 5) is 1.17. The maximum atomic E-state index is 5.86. The van der Waals surface area contributed by atoms with Crippen LogP contribution in [0.1, 0.15) is 10.4 Å². The molecule has 0 saturated heterocycles. The minimum atomic E-state index is 0.559. The van der Waals surface area contributed by atoms with Gasteiger partial charge in [-0.2, -0.15) is 0 Å². The number of nitrogen functional groups attached to an aromatic ring is 1. The zero-order chi connectivity index (χ0) is 11.5. The van der Waals surface area contributed by atoms with Gasteiger partial charge in [-0.15, -0.1) is 11.3 Å². The molecule has 0 fully saturated rings. The molecule has 0 aliphatic rings. The topological polar surface area (TPSA) is 35.2 Å². The summed E-state index contributed by atoms with van der Waals surface area (Å²) in [6.07, 6.45) is 0. The molecular weight excluding hydrogens is 286 g/mol. The molecule has 2 N–H and O–H groups in total. The number of halogens is 1. The largest absolute Gasteiger partial charge is 0.486 e. The summed E-state index contributed by atoms with van der Waals surface area (Å²) in [6.45, 7) is 2.57. The predicted octanol–water partition coefficient (Wildman–Crippen LogP) is 3.98. The van der Waals surface area contributed by atoms with Crippen molar-refractivity contribution in [3.63, 3.8) is 0 Å². The van der Waals surface area contributed by atoms with Gasteiger partial charge in [0, 0.05) is 14.7 Å². The lowest BCUT2D eigenvalue weighted by molar-refractivity contribution is 0.311. The van der Waals surface area contributed by atoms with E-state index in [1.54, 1.807) is 11.3 Å². The Labute approximate surface area is 107 Å². The van der Waals surface area contributed by atoms with Crippen molar-refractivity contribution < 1.29 is 4.74 Å². The standard InChI is InChI=1S/C12H12BrNOS/c1-8-2-3-12(11(14)4-8)15-6-10-5-9(13)7-16-10/h2-5,7H,6,14H2,1H3. The summed E-state index contributed by atoms with van der Waals surface area (Å²) in [6, 6.07) is 7.87. The van der Waals surface area contributed by atoms with E-state index in [0.717, 1.165) is 15.8 Å². The van der Waals surface area contributed by atoms with Gasteiger partial charge in [0.25, 0.3) is 0 Å². The maximum absolute atomic E-state index is 5.86. The molecule has 1 aromatic carbocycles. The van der Waals surface area contributed by atoms with Crippen LogP contribution in [0.3, 0.4) is 0 Å². The van der Waals surface area contributed by atoms with E-state index in [2.05, 4.69) is 22.0 Å². The fourth-order valence-corrected chi connectivity index (χ4v) is 2.74. The summed E-state index contributed by atoms with van der Waals surface area (Å²) >= 11 is 5.08. The van der Waals surface area contributed by atoms with Crippen molar-refractivity contribution in [1.82, 2.24) is 0 Å². The van der Waals surface area contributed by atoms with Crippen molar-refractivity contribution in [3.05, 3.63) is 44.6 Å². The van der Waals surface area contributed by atoms with Gasteiger partial charge in [-0.3, -0.25) is 0 Å². The second-order valence-electron chi connectivity index (χ2n) is 3.56. The van der Waals surface area contributed by atoms with Crippen molar-refractivity contribution in [2.75, 3.05) is 5.73 Å². The lowest BCUT2D eigenvalue weighted by Gasteiger charge is -2.08. The van der Waals surface area contributed by atoms with Crippen molar-refractivity contribution >= 4 is 33.0 Å². The molecule has 4 heteroatoms. The van der Waals surface area contributed by atoms with Crippen LogP contribution >= 0.6 is 27.3 Å². The zero-order valence-electron chi connectivity index (χ0n) is 8.87. The Kier molecular flexibility index (Phi) is 3.51. The minimum absolute atomic E-state index is 0.559. The molecule has 0 radical (unpaired) electrons. The first-order chi connectivity index (χ1) is 7.65. The van der Waals surface area contributed by atoms with E-state index < -0.39 is 0 Å². The second kappa shape index (κ2) is 4.89. The fourth-order valence-electron chi connectivity index (χ4n) is 1.38. The second-order valence-corrected chi connectivity index (χ2v) is 5.47. The Morgan fingerprint density at radius 1 is 1.38 bits per heavy atom. The fraction of sp³-hybridized carbons (Fsp3) is 0.167. The molecule has 2 rings (SSSR count). The monoisotopic (exact) mass is 297 g/mol. The Morgan fingerprint density at radius 2 is 2.19 bits per heavy atom. The van der Waals surface area contributed by atoms with E-state index in [-0.39, 0.29) is 0 Å². The highest BCUT2D eigenvalue weighted by atomic mass is 79.9. The number of benzene rings is 1. The number of anilines is 1. The SMILES string of the molecule is Cc1ccc(OCc2cc(Br)cs2)c(N)c1. The Balaban J connectivity index is 2.04. The van der Waals surface area contributed by atoms with Gasteiger partial charge in [0.15, 0.2) is 0 Å². The Bertz CT molecular complexity index is 496. The molecule has 0 saturated carbocycles. The molecule has 0 aliphatic carbocycles. The molecule has 0 amide bonds. The van der Waals surface area contributed by atoms with E-state index in [1.807, 2.05) is 30.5 Å². The van der Waals surface area contributed by atoms with Crippen LogP contribution in [0.5, 0.6) is 5.75 Å². The van der Waals surface area contributed by atoms with Gasteiger partial charge < -0.3 is 10.5 Å². The van der Waals surface area contributed by atoms with Crippen molar-refractivity contribution in [2.45, 2.75) is 13.5 Å². The minimum Gasteiger partial charge on any atom is -0.486 e. The molecule has 0 unspecified atom stereocenters. The Hall–Kier alpha value is -1.000. The highest BCUT2D eigenvalue weighted by Crippen LogP contribution is 2.25. The summed E-state index contributed by atoms with van der Waals surface area (Å²) in [5.41, 5.74) is 7.69. The number of hydrogen-bond acceptors (Lipinski definition) is 3. The van der Waals surface area contributed by atoms with E-state index >= 15 is 0 Å². The molecule has 0 aliphatic heterocycles. The first kappa shape index (κ1) is 11.5. The van der Waals surface area contributed by atoms with Gasteiger partial charge in [0.1, 0.15) is 12.4 Å².